The Labute approximate surface area is 76.9 Å². The lowest BCUT2D eigenvalue weighted by molar-refractivity contribution is -0.138. The third-order valence-corrected chi connectivity index (χ3v) is 2.15. The third-order valence-electron chi connectivity index (χ3n) is 1.91. The largest absolute Gasteiger partial charge is 0.458 e. The van der Waals surface area contributed by atoms with Crippen molar-refractivity contribution in [1.29, 1.82) is 0 Å². The summed E-state index contributed by atoms with van der Waals surface area (Å²) in [4.78, 5) is 11.1. The monoisotopic (exact) mass is 186 g/mol. The average molecular weight is 187 g/mol. The van der Waals surface area contributed by atoms with Gasteiger partial charge in [-0.2, -0.15) is 0 Å². The van der Waals surface area contributed by atoms with E-state index in [0.717, 1.165) is 0 Å². The first kappa shape index (κ1) is 9.33. The van der Waals surface area contributed by atoms with Gasteiger partial charge in [-0.25, -0.2) is 4.79 Å². The lowest BCUT2D eigenvalue weighted by Gasteiger charge is -2.06. The molecule has 0 saturated carbocycles. The number of halogens is 1. The Morgan fingerprint density at radius 2 is 2.25 bits per heavy atom. The molecule has 1 rings (SSSR count). The highest BCUT2D eigenvalue weighted by molar-refractivity contribution is 6.27. The maximum absolute atomic E-state index is 11.1. The van der Waals surface area contributed by atoms with Gasteiger partial charge in [-0.1, -0.05) is 23.8 Å². The molecule has 0 aromatic rings. The molecule has 0 N–H and O–H groups in total. The van der Waals surface area contributed by atoms with Gasteiger partial charge in [-0.05, 0) is 13.8 Å². The van der Waals surface area contributed by atoms with Gasteiger partial charge in [0.05, 0.1) is 5.57 Å². The molecular weight excluding hydrogens is 176 g/mol. The SMILES string of the molecule is C/C=C/C1/C(=C\Cl)C(=O)OC1C. The number of cyclic esters (lactones) is 1. The number of carbonyl (C=O) groups excluding carboxylic acids is 1. The van der Waals surface area contributed by atoms with Gasteiger partial charge < -0.3 is 4.74 Å². The molecule has 2 nitrogen and oxygen atoms in total. The Hall–Kier alpha value is -0.760. The lowest BCUT2D eigenvalue weighted by Crippen LogP contribution is -2.08. The molecule has 0 radical (unpaired) electrons. The van der Waals surface area contributed by atoms with Crippen molar-refractivity contribution in [1.82, 2.24) is 0 Å². The summed E-state index contributed by atoms with van der Waals surface area (Å²) >= 11 is 5.50. The topological polar surface area (TPSA) is 26.3 Å². The van der Waals surface area contributed by atoms with Crippen LogP contribution < -0.4 is 0 Å². The summed E-state index contributed by atoms with van der Waals surface area (Å²) in [5.74, 6) is -0.291. The van der Waals surface area contributed by atoms with Crippen LogP contribution in [0.5, 0.6) is 0 Å². The Bertz CT molecular complexity index is 243. The van der Waals surface area contributed by atoms with E-state index in [4.69, 9.17) is 16.3 Å². The zero-order chi connectivity index (χ0) is 9.14. The summed E-state index contributed by atoms with van der Waals surface area (Å²) in [6, 6.07) is 0. The molecule has 0 bridgehead atoms. The minimum atomic E-state index is -0.305. The highest BCUT2D eigenvalue weighted by Gasteiger charge is 2.34. The van der Waals surface area contributed by atoms with E-state index >= 15 is 0 Å². The molecule has 12 heavy (non-hydrogen) atoms. The van der Waals surface area contributed by atoms with Crippen LogP contribution >= 0.6 is 11.6 Å². The molecule has 66 valence electrons. The average Bonchev–Trinajstić information content (AvgIpc) is 2.28. The number of ether oxygens (including phenoxy) is 1. The normalized spacial score (nSPS) is 33.2. The van der Waals surface area contributed by atoms with Crippen molar-refractivity contribution < 1.29 is 9.53 Å². The smallest absolute Gasteiger partial charge is 0.335 e. The van der Waals surface area contributed by atoms with Crippen molar-refractivity contribution >= 4 is 17.6 Å². The number of carbonyl (C=O) groups is 1. The second-order valence-corrected chi connectivity index (χ2v) is 2.94. The van der Waals surface area contributed by atoms with E-state index in [1.165, 1.54) is 5.54 Å². The van der Waals surface area contributed by atoms with Gasteiger partial charge in [0.2, 0.25) is 0 Å². The summed E-state index contributed by atoms with van der Waals surface area (Å²) in [5.41, 5.74) is 1.85. The second kappa shape index (κ2) is 3.76. The Morgan fingerprint density at radius 1 is 1.58 bits per heavy atom. The fraction of sp³-hybridized carbons (Fsp3) is 0.444. The molecule has 2 unspecified atom stereocenters. The van der Waals surface area contributed by atoms with Gasteiger partial charge in [-0.3, -0.25) is 0 Å². The van der Waals surface area contributed by atoms with E-state index < -0.39 is 0 Å². The Balaban J connectivity index is 2.90. The first-order valence-corrected chi connectivity index (χ1v) is 4.28. The van der Waals surface area contributed by atoms with E-state index in [1.807, 2.05) is 26.0 Å². The van der Waals surface area contributed by atoms with Crippen LogP contribution in [0.15, 0.2) is 23.3 Å². The first-order chi connectivity index (χ1) is 5.70. The van der Waals surface area contributed by atoms with Crippen molar-refractivity contribution in [2.45, 2.75) is 20.0 Å². The molecule has 3 heteroatoms. The van der Waals surface area contributed by atoms with Gasteiger partial charge in [0.25, 0.3) is 0 Å². The molecule has 0 amide bonds. The van der Waals surface area contributed by atoms with Crippen LogP contribution in [-0.4, -0.2) is 12.1 Å². The van der Waals surface area contributed by atoms with Gasteiger partial charge >= 0.3 is 5.97 Å². The molecule has 0 aliphatic carbocycles. The Morgan fingerprint density at radius 3 is 2.75 bits per heavy atom. The molecule has 1 fully saturated rings. The van der Waals surface area contributed by atoms with Crippen molar-refractivity contribution in [3.8, 4) is 0 Å². The summed E-state index contributed by atoms with van der Waals surface area (Å²) in [6.45, 7) is 3.76. The van der Waals surface area contributed by atoms with Gasteiger partial charge in [0.15, 0.2) is 0 Å². The predicted molar refractivity (Wildman–Crippen MR) is 47.8 cm³/mol. The molecule has 0 aromatic heterocycles. The fourth-order valence-corrected chi connectivity index (χ4v) is 1.52. The third kappa shape index (κ3) is 1.53. The highest BCUT2D eigenvalue weighted by Crippen LogP contribution is 2.29. The van der Waals surface area contributed by atoms with E-state index in [9.17, 15) is 4.79 Å². The van der Waals surface area contributed by atoms with Crippen molar-refractivity contribution in [2.75, 3.05) is 0 Å². The number of allylic oxidation sites excluding steroid dienone is 1. The maximum Gasteiger partial charge on any atom is 0.335 e. The maximum atomic E-state index is 11.1. The molecular formula is C9H11ClO2. The summed E-state index contributed by atoms with van der Waals surface area (Å²) in [7, 11) is 0. The van der Waals surface area contributed by atoms with Crippen LogP contribution in [0.2, 0.25) is 0 Å². The molecule has 0 spiro atoms. The van der Waals surface area contributed by atoms with E-state index in [0.29, 0.717) is 5.57 Å². The van der Waals surface area contributed by atoms with E-state index in [1.54, 1.807) is 0 Å². The molecule has 1 saturated heterocycles. The summed E-state index contributed by atoms with van der Waals surface area (Å²) in [6.07, 6.45) is 3.71. The Kier molecular flexibility index (Phi) is 2.93. The van der Waals surface area contributed by atoms with E-state index in [2.05, 4.69) is 0 Å². The van der Waals surface area contributed by atoms with Crippen molar-refractivity contribution in [3.05, 3.63) is 23.3 Å². The van der Waals surface area contributed by atoms with Gasteiger partial charge in [0, 0.05) is 11.5 Å². The van der Waals surface area contributed by atoms with Crippen LogP contribution in [0, 0.1) is 5.92 Å². The summed E-state index contributed by atoms with van der Waals surface area (Å²) in [5, 5.41) is 0. The van der Waals surface area contributed by atoms with Crippen LogP contribution in [0.1, 0.15) is 13.8 Å². The number of hydrogen-bond donors (Lipinski definition) is 0. The van der Waals surface area contributed by atoms with Crippen LogP contribution in [0.25, 0.3) is 0 Å². The predicted octanol–water partition coefficient (Wildman–Crippen LogP) is 2.25. The molecule has 0 aromatic carbocycles. The van der Waals surface area contributed by atoms with Crippen molar-refractivity contribution in [3.63, 3.8) is 0 Å². The lowest BCUT2D eigenvalue weighted by atomic mass is 9.98. The van der Waals surface area contributed by atoms with Gasteiger partial charge in [0.1, 0.15) is 6.10 Å². The molecule has 2 atom stereocenters. The minimum absolute atomic E-state index is 0.0139. The minimum Gasteiger partial charge on any atom is -0.458 e. The number of esters is 1. The summed E-state index contributed by atoms with van der Waals surface area (Å²) < 4.78 is 4.99. The highest BCUT2D eigenvalue weighted by atomic mass is 35.5. The molecule has 1 aliphatic rings. The number of hydrogen-bond acceptors (Lipinski definition) is 2. The zero-order valence-electron chi connectivity index (χ0n) is 7.08. The quantitative estimate of drug-likeness (QED) is 0.357. The molecule has 1 aliphatic heterocycles. The standard InChI is InChI=1S/C9H11ClO2/c1-3-4-7-6(2)12-9(11)8(7)5-10/h3-7H,1-2H3/b4-3+,8-5+. The van der Waals surface area contributed by atoms with Gasteiger partial charge in [-0.15, -0.1) is 0 Å². The molecule has 1 heterocycles. The zero-order valence-corrected chi connectivity index (χ0v) is 7.84. The van der Waals surface area contributed by atoms with E-state index in [-0.39, 0.29) is 18.0 Å². The van der Waals surface area contributed by atoms with Crippen LogP contribution in [0.3, 0.4) is 0 Å². The fourth-order valence-electron chi connectivity index (χ4n) is 1.28. The second-order valence-electron chi connectivity index (χ2n) is 2.73. The van der Waals surface area contributed by atoms with Crippen LogP contribution in [0.4, 0.5) is 0 Å². The number of rotatable bonds is 1. The van der Waals surface area contributed by atoms with Crippen LogP contribution in [-0.2, 0) is 9.53 Å². The first-order valence-electron chi connectivity index (χ1n) is 3.84. The van der Waals surface area contributed by atoms with Crippen molar-refractivity contribution in [2.24, 2.45) is 5.92 Å².